The van der Waals surface area contributed by atoms with Crippen LogP contribution in [0.25, 0.3) is 0 Å². The molecule has 2 aliphatic rings. The van der Waals surface area contributed by atoms with Crippen molar-refractivity contribution >= 4 is 28.7 Å². The maximum Gasteiger partial charge on any atom is 0.320 e. The summed E-state index contributed by atoms with van der Waals surface area (Å²) in [5.74, 6) is -0.347. The number of carbonyl (C=O) groups is 1. The average molecular weight is 433 g/mol. The molecule has 1 aromatic carbocycles. The zero-order valence-electron chi connectivity index (χ0n) is 17.7. The number of aromatic nitrogens is 1. The van der Waals surface area contributed by atoms with Crippen LogP contribution >= 0.6 is 11.3 Å². The van der Waals surface area contributed by atoms with Crippen LogP contribution in [0.5, 0.6) is 0 Å². The van der Waals surface area contributed by atoms with Gasteiger partial charge in [-0.15, -0.1) is 11.3 Å². The van der Waals surface area contributed by atoms with Gasteiger partial charge in [-0.3, -0.25) is 0 Å². The third kappa shape index (κ3) is 4.44. The fourth-order valence-corrected chi connectivity index (χ4v) is 5.55. The number of amides is 2. The summed E-state index contributed by atoms with van der Waals surface area (Å²) < 4.78 is 20.6. The van der Waals surface area contributed by atoms with Crippen molar-refractivity contribution in [2.75, 3.05) is 23.3 Å². The number of carbonyl (C=O) groups excluding carboxylic acids is 1. The lowest BCUT2D eigenvalue weighted by Gasteiger charge is -2.37. The highest BCUT2D eigenvalue weighted by molar-refractivity contribution is 7.09. The van der Waals surface area contributed by atoms with Crippen molar-refractivity contribution in [3.05, 3.63) is 40.1 Å². The number of benzene rings is 1. The first-order valence-electron chi connectivity index (χ1n) is 10.6. The van der Waals surface area contributed by atoms with Crippen molar-refractivity contribution in [1.29, 1.82) is 0 Å². The first-order chi connectivity index (χ1) is 14.3. The molecule has 2 fully saturated rings. The molecule has 1 saturated carbocycles. The molecule has 2 heterocycles. The van der Waals surface area contributed by atoms with E-state index in [9.17, 15) is 9.18 Å². The van der Waals surface area contributed by atoms with E-state index in [2.05, 4.69) is 15.6 Å². The average Bonchev–Trinajstić information content (AvgIpc) is 3.31. The summed E-state index contributed by atoms with van der Waals surface area (Å²) in [4.78, 5) is 19.4. The van der Waals surface area contributed by atoms with Crippen LogP contribution < -0.4 is 15.5 Å². The number of morpholine rings is 1. The standard InChI is InChI=1S/C22H29FN4O2S/c1-14-13-30-20(24-14)22(8-4-5-9-22)26-21(28)25-17-6-7-19(18(23)10-17)27-11-15(2)29-16(3)12-27/h6-7,10,13,15-16H,4-5,8-9,11-12H2,1-3H3,(H2,25,26,28)/t15-,16-/m0/s1. The van der Waals surface area contributed by atoms with Gasteiger partial charge in [-0.25, -0.2) is 14.2 Å². The molecule has 30 heavy (non-hydrogen) atoms. The number of halogens is 1. The Morgan fingerprint density at radius 1 is 1.27 bits per heavy atom. The Kier molecular flexibility index (Phi) is 5.97. The van der Waals surface area contributed by atoms with Crippen LogP contribution in [0.15, 0.2) is 23.6 Å². The van der Waals surface area contributed by atoms with Gasteiger partial charge in [0.1, 0.15) is 10.8 Å². The molecule has 8 heteroatoms. The van der Waals surface area contributed by atoms with Crippen LogP contribution in [0.2, 0.25) is 0 Å². The minimum absolute atomic E-state index is 0.0498. The fraction of sp³-hybridized carbons (Fsp3) is 0.545. The summed E-state index contributed by atoms with van der Waals surface area (Å²) in [6.45, 7) is 7.23. The molecule has 2 amide bonds. The predicted molar refractivity (Wildman–Crippen MR) is 118 cm³/mol. The van der Waals surface area contributed by atoms with E-state index < -0.39 is 5.54 Å². The minimum Gasteiger partial charge on any atom is -0.372 e. The fourth-order valence-electron chi connectivity index (χ4n) is 4.54. The summed E-state index contributed by atoms with van der Waals surface area (Å²) in [7, 11) is 0. The number of rotatable bonds is 4. The lowest BCUT2D eigenvalue weighted by Crippen LogP contribution is -2.46. The van der Waals surface area contributed by atoms with Gasteiger partial charge in [0.2, 0.25) is 0 Å². The Morgan fingerprint density at radius 3 is 2.57 bits per heavy atom. The number of urea groups is 1. The van der Waals surface area contributed by atoms with Crippen molar-refractivity contribution in [2.45, 2.75) is 64.2 Å². The largest absolute Gasteiger partial charge is 0.372 e. The topological polar surface area (TPSA) is 66.5 Å². The van der Waals surface area contributed by atoms with Crippen molar-refractivity contribution in [1.82, 2.24) is 10.3 Å². The first-order valence-corrected chi connectivity index (χ1v) is 11.4. The Morgan fingerprint density at radius 2 is 1.97 bits per heavy atom. The Bertz CT molecular complexity index is 902. The third-order valence-electron chi connectivity index (χ3n) is 5.80. The zero-order chi connectivity index (χ0) is 21.3. The van der Waals surface area contributed by atoms with E-state index in [1.807, 2.05) is 31.1 Å². The molecular weight excluding hydrogens is 403 g/mol. The normalized spacial score (nSPS) is 23.4. The first kappa shape index (κ1) is 21.1. The maximum absolute atomic E-state index is 14.8. The van der Waals surface area contributed by atoms with Crippen LogP contribution in [0.3, 0.4) is 0 Å². The van der Waals surface area contributed by atoms with E-state index in [-0.39, 0.29) is 24.1 Å². The number of nitrogens with zero attached hydrogens (tertiary/aromatic N) is 2. The monoisotopic (exact) mass is 432 g/mol. The highest BCUT2D eigenvalue weighted by Gasteiger charge is 2.39. The molecule has 0 radical (unpaired) electrons. The molecule has 2 aromatic rings. The predicted octanol–water partition coefficient (Wildman–Crippen LogP) is 4.80. The molecule has 0 spiro atoms. The Hall–Kier alpha value is -2.19. The second-order valence-corrected chi connectivity index (χ2v) is 9.35. The number of ether oxygens (including phenoxy) is 1. The highest BCUT2D eigenvalue weighted by Crippen LogP contribution is 2.40. The highest BCUT2D eigenvalue weighted by atomic mass is 32.1. The molecule has 1 aromatic heterocycles. The second-order valence-electron chi connectivity index (χ2n) is 8.49. The van der Waals surface area contributed by atoms with Crippen LogP contribution in [0, 0.1) is 12.7 Å². The van der Waals surface area contributed by atoms with E-state index in [0.29, 0.717) is 24.5 Å². The van der Waals surface area contributed by atoms with E-state index in [4.69, 9.17) is 4.74 Å². The van der Waals surface area contributed by atoms with E-state index in [0.717, 1.165) is 36.4 Å². The van der Waals surface area contributed by atoms with Gasteiger partial charge in [0.05, 0.1) is 23.4 Å². The number of thiazole rings is 1. The molecule has 4 rings (SSSR count). The van der Waals surface area contributed by atoms with Crippen LogP contribution in [-0.4, -0.2) is 36.3 Å². The molecule has 2 atom stereocenters. The lowest BCUT2D eigenvalue weighted by molar-refractivity contribution is -0.00539. The lowest BCUT2D eigenvalue weighted by atomic mass is 9.99. The van der Waals surface area contributed by atoms with Gasteiger partial charge in [0, 0.05) is 29.9 Å². The molecule has 6 nitrogen and oxygen atoms in total. The minimum atomic E-state index is -0.429. The van der Waals surface area contributed by atoms with Gasteiger partial charge in [0.25, 0.3) is 0 Å². The number of hydrogen-bond acceptors (Lipinski definition) is 5. The van der Waals surface area contributed by atoms with E-state index >= 15 is 0 Å². The summed E-state index contributed by atoms with van der Waals surface area (Å²) in [5.41, 5.74) is 1.51. The van der Waals surface area contributed by atoms with Gasteiger partial charge in [-0.05, 0) is 51.8 Å². The SMILES string of the molecule is Cc1csc(C2(NC(=O)Nc3ccc(N4C[C@H](C)O[C@@H](C)C4)c(F)c3)CCCC2)n1. The third-order valence-corrected chi connectivity index (χ3v) is 6.97. The van der Waals surface area contributed by atoms with E-state index in [1.165, 1.54) is 6.07 Å². The van der Waals surface area contributed by atoms with Crippen molar-refractivity contribution in [3.63, 3.8) is 0 Å². The summed E-state index contributed by atoms with van der Waals surface area (Å²) in [6, 6.07) is 4.53. The van der Waals surface area contributed by atoms with Crippen molar-refractivity contribution < 1.29 is 13.9 Å². The van der Waals surface area contributed by atoms with Crippen LogP contribution in [0.4, 0.5) is 20.6 Å². The van der Waals surface area contributed by atoms with Gasteiger partial charge < -0.3 is 20.3 Å². The number of aryl methyl sites for hydroxylation is 1. The summed E-state index contributed by atoms with van der Waals surface area (Å²) >= 11 is 1.59. The quantitative estimate of drug-likeness (QED) is 0.729. The van der Waals surface area contributed by atoms with Gasteiger partial charge in [0.15, 0.2) is 0 Å². The summed E-state index contributed by atoms with van der Waals surface area (Å²) in [6.07, 6.45) is 3.95. The maximum atomic E-state index is 14.8. The van der Waals surface area contributed by atoms with Gasteiger partial charge >= 0.3 is 6.03 Å². The second kappa shape index (κ2) is 8.51. The number of hydrogen-bond donors (Lipinski definition) is 2. The van der Waals surface area contributed by atoms with Crippen molar-refractivity contribution in [3.8, 4) is 0 Å². The van der Waals surface area contributed by atoms with Gasteiger partial charge in [-0.2, -0.15) is 0 Å². The molecule has 1 aliphatic carbocycles. The number of anilines is 2. The van der Waals surface area contributed by atoms with E-state index in [1.54, 1.807) is 23.5 Å². The molecule has 1 saturated heterocycles. The molecule has 162 valence electrons. The Labute approximate surface area is 180 Å². The number of nitrogens with one attached hydrogen (secondary N) is 2. The smallest absolute Gasteiger partial charge is 0.320 e. The molecule has 2 N–H and O–H groups in total. The Balaban J connectivity index is 1.45. The summed E-state index contributed by atoms with van der Waals surface area (Å²) in [5, 5.41) is 8.89. The van der Waals surface area contributed by atoms with Crippen LogP contribution in [0.1, 0.15) is 50.2 Å². The van der Waals surface area contributed by atoms with Gasteiger partial charge in [-0.1, -0.05) is 12.8 Å². The molecular formula is C22H29FN4O2S. The molecule has 0 bridgehead atoms. The molecule has 0 unspecified atom stereocenters. The zero-order valence-corrected chi connectivity index (χ0v) is 18.5. The van der Waals surface area contributed by atoms with Crippen LogP contribution in [-0.2, 0) is 10.3 Å². The van der Waals surface area contributed by atoms with Crippen molar-refractivity contribution in [2.24, 2.45) is 0 Å². The molecule has 1 aliphatic heterocycles.